The normalized spacial score (nSPS) is 10.7. The molecule has 1 amide bonds. The van der Waals surface area contributed by atoms with Gasteiger partial charge in [-0.2, -0.15) is 0 Å². The summed E-state index contributed by atoms with van der Waals surface area (Å²) < 4.78 is 0. The van der Waals surface area contributed by atoms with E-state index in [1.54, 1.807) is 6.20 Å². The molecule has 0 radical (unpaired) electrons. The molecule has 38 heavy (non-hydrogen) atoms. The molecule has 5 rings (SSSR count). The Morgan fingerprint density at radius 1 is 0.763 bits per heavy atom. The maximum atomic E-state index is 13.1. The molecule has 0 aliphatic carbocycles. The van der Waals surface area contributed by atoms with Crippen molar-refractivity contribution in [3.05, 3.63) is 108 Å². The SMILES string of the molecule is Cc1cc(Nc2cccc(NC(=O)c3cccc(Nc4c(C)cnc5ccc(N(C)C)cc45)c3)c2)ccn1. The van der Waals surface area contributed by atoms with E-state index in [0.29, 0.717) is 11.3 Å². The van der Waals surface area contributed by atoms with Gasteiger partial charge in [-0.15, -0.1) is 0 Å². The van der Waals surface area contributed by atoms with Gasteiger partial charge in [0.2, 0.25) is 0 Å². The number of hydrogen-bond acceptors (Lipinski definition) is 6. The average molecular weight is 503 g/mol. The van der Waals surface area contributed by atoms with Crippen LogP contribution in [-0.4, -0.2) is 30.0 Å². The number of carbonyl (C=O) groups excluding carboxylic acids is 1. The van der Waals surface area contributed by atoms with Crippen LogP contribution in [0.3, 0.4) is 0 Å². The lowest BCUT2D eigenvalue weighted by atomic mass is 10.1. The third-order valence-electron chi connectivity index (χ3n) is 6.26. The van der Waals surface area contributed by atoms with E-state index in [0.717, 1.165) is 50.6 Å². The Morgan fingerprint density at radius 3 is 2.29 bits per heavy atom. The lowest BCUT2D eigenvalue weighted by Gasteiger charge is -2.17. The second-order valence-corrected chi connectivity index (χ2v) is 9.46. The first-order valence-corrected chi connectivity index (χ1v) is 12.4. The van der Waals surface area contributed by atoms with Crippen LogP contribution in [-0.2, 0) is 0 Å². The molecule has 3 N–H and O–H groups in total. The number of fused-ring (bicyclic) bond motifs is 1. The van der Waals surface area contributed by atoms with Crippen molar-refractivity contribution in [2.45, 2.75) is 13.8 Å². The van der Waals surface area contributed by atoms with E-state index in [4.69, 9.17) is 0 Å². The van der Waals surface area contributed by atoms with Crippen LogP contribution in [0, 0.1) is 13.8 Å². The Balaban J connectivity index is 1.35. The maximum absolute atomic E-state index is 13.1. The lowest BCUT2D eigenvalue weighted by molar-refractivity contribution is 0.102. The number of carbonyl (C=O) groups is 1. The third-order valence-corrected chi connectivity index (χ3v) is 6.26. The number of aromatic nitrogens is 2. The number of anilines is 6. The van der Waals surface area contributed by atoms with Gasteiger partial charge >= 0.3 is 0 Å². The Hall–Kier alpha value is -4.91. The molecule has 0 aliphatic rings. The number of benzene rings is 3. The summed E-state index contributed by atoms with van der Waals surface area (Å²) >= 11 is 0. The Morgan fingerprint density at radius 2 is 1.50 bits per heavy atom. The van der Waals surface area contributed by atoms with Crippen LogP contribution < -0.4 is 20.9 Å². The number of rotatable bonds is 7. The molecule has 7 heteroatoms. The monoisotopic (exact) mass is 502 g/mol. The quantitative estimate of drug-likeness (QED) is 0.221. The van der Waals surface area contributed by atoms with Crippen molar-refractivity contribution in [1.82, 2.24) is 9.97 Å². The average Bonchev–Trinajstić information content (AvgIpc) is 2.90. The number of nitrogens with zero attached hydrogens (tertiary/aromatic N) is 3. The smallest absolute Gasteiger partial charge is 0.255 e. The molecule has 0 unspecified atom stereocenters. The van der Waals surface area contributed by atoms with Crippen LogP contribution in [0.15, 0.2) is 91.3 Å². The maximum Gasteiger partial charge on any atom is 0.255 e. The molecule has 190 valence electrons. The van der Waals surface area contributed by atoms with Gasteiger partial charge in [0.15, 0.2) is 0 Å². The summed E-state index contributed by atoms with van der Waals surface area (Å²) in [6.45, 7) is 3.98. The van der Waals surface area contributed by atoms with Gasteiger partial charge in [0.05, 0.1) is 11.2 Å². The number of aryl methyl sites for hydroxylation is 2. The van der Waals surface area contributed by atoms with E-state index in [9.17, 15) is 4.79 Å². The number of amides is 1. The van der Waals surface area contributed by atoms with E-state index in [1.165, 1.54) is 0 Å². The van der Waals surface area contributed by atoms with Crippen molar-refractivity contribution in [2.24, 2.45) is 0 Å². The predicted octanol–water partition coefficient (Wildman–Crippen LogP) is 7.05. The van der Waals surface area contributed by atoms with Crippen LogP contribution in [0.5, 0.6) is 0 Å². The van der Waals surface area contributed by atoms with Gasteiger partial charge in [0.25, 0.3) is 5.91 Å². The van der Waals surface area contributed by atoms with Crippen molar-refractivity contribution < 1.29 is 4.79 Å². The van der Waals surface area contributed by atoms with Gasteiger partial charge in [-0.3, -0.25) is 14.8 Å². The highest BCUT2D eigenvalue weighted by molar-refractivity contribution is 6.05. The van der Waals surface area contributed by atoms with E-state index >= 15 is 0 Å². The minimum atomic E-state index is -0.184. The van der Waals surface area contributed by atoms with Gasteiger partial charge < -0.3 is 20.9 Å². The van der Waals surface area contributed by atoms with E-state index in [-0.39, 0.29) is 5.91 Å². The molecular formula is C31H30N6O. The van der Waals surface area contributed by atoms with E-state index < -0.39 is 0 Å². The molecule has 5 aromatic rings. The summed E-state index contributed by atoms with van der Waals surface area (Å²) in [6, 6.07) is 25.2. The molecular weight excluding hydrogens is 472 g/mol. The standard InChI is InChI=1S/C31H30N6O/c1-20-19-33-29-12-11-27(37(3)4)18-28(29)30(20)35-23-8-5-7-22(16-23)31(38)36-25-10-6-9-24(17-25)34-26-13-14-32-21(2)15-26/h5-19H,1-4H3,(H,32,34)(H,33,35)(H,36,38). The fraction of sp³-hybridized carbons (Fsp3) is 0.129. The first-order valence-electron chi connectivity index (χ1n) is 12.4. The molecule has 2 heterocycles. The highest BCUT2D eigenvalue weighted by atomic mass is 16.1. The van der Waals surface area contributed by atoms with Gasteiger partial charge in [-0.05, 0) is 86.1 Å². The highest BCUT2D eigenvalue weighted by Gasteiger charge is 2.11. The number of hydrogen-bond donors (Lipinski definition) is 3. The first kappa shape index (κ1) is 24.8. The van der Waals surface area contributed by atoms with Crippen LogP contribution in [0.4, 0.5) is 34.1 Å². The highest BCUT2D eigenvalue weighted by Crippen LogP contribution is 2.31. The summed E-state index contributed by atoms with van der Waals surface area (Å²) in [4.78, 5) is 24.0. The summed E-state index contributed by atoms with van der Waals surface area (Å²) in [5.41, 5.74) is 8.84. The van der Waals surface area contributed by atoms with Crippen molar-refractivity contribution in [3.8, 4) is 0 Å². The molecule has 2 aromatic heterocycles. The Labute approximate surface area is 222 Å². The Bertz CT molecular complexity index is 1630. The molecule has 0 saturated carbocycles. The fourth-order valence-electron chi connectivity index (χ4n) is 4.27. The molecule has 3 aromatic carbocycles. The minimum absolute atomic E-state index is 0.184. The second-order valence-electron chi connectivity index (χ2n) is 9.46. The Kier molecular flexibility index (Phi) is 6.91. The first-order chi connectivity index (χ1) is 18.4. The second kappa shape index (κ2) is 10.6. The third kappa shape index (κ3) is 5.57. The molecule has 0 bridgehead atoms. The van der Waals surface area contributed by atoms with Gasteiger partial charge in [-0.1, -0.05) is 12.1 Å². The van der Waals surface area contributed by atoms with Crippen LogP contribution in [0.2, 0.25) is 0 Å². The van der Waals surface area contributed by atoms with Crippen molar-refractivity contribution in [3.63, 3.8) is 0 Å². The fourth-order valence-corrected chi connectivity index (χ4v) is 4.27. The van der Waals surface area contributed by atoms with Gasteiger partial charge in [0, 0.05) is 71.6 Å². The molecule has 0 aliphatic heterocycles. The van der Waals surface area contributed by atoms with Crippen LogP contribution in [0.1, 0.15) is 21.6 Å². The molecule has 0 saturated heterocycles. The van der Waals surface area contributed by atoms with Gasteiger partial charge in [0.1, 0.15) is 0 Å². The van der Waals surface area contributed by atoms with Crippen molar-refractivity contribution in [1.29, 1.82) is 0 Å². The lowest BCUT2D eigenvalue weighted by Crippen LogP contribution is -2.12. The summed E-state index contributed by atoms with van der Waals surface area (Å²) in [6.07, 6.45) is 3.63. The topological polar surface area (TPSA) is 82.2 Å². The summed E-state index contributed by atoms with van der Waals surface area (Å²) in [5.74, 6) is -0.184. The molecule has 0 fully saturated rings. The van der Waals surface area contributed by atoms with Crippen LogP contribution in [0.25, 0.3) is 10.9 Å². The summed E-state index contributed by atoms with van der Waals surface area (Å²) in [5, 5.41) is 10.9. The van der Waals surface area contributed by atoms with Crippen molar-refractivity contribution >= 4 is 50.9 Å². The number of nitrogens with one attached hydrogen (secondary N) is 3. The van der Waals surface area contributed by atoms with E-state index in [1.807, 2.05) is 101 Å². The largest absolute Gasteiger partial charge is 0.378 e. The zero-order valence-electron chi connectivity index (χ0n) is 21.9. The van der Waals surface area contributed by atoms with Crippen LogP contribution >= 0.6 is 0 Å². The van der Waals surface area contributed by atoms with Gasteiger partial charge in [-0.25, -0.2) is 0 Å². The summed E-state index contributed by atoms with van der Waals surface area (Å²) in [7, 11) is 4.04. The molecule has 7 nitrogen and oxygen atoms in total. The van der Waals surface area contributed by atoms with Crippen molar-refractivity contribution in [2.75, 3.05) is 34.9 Å². The zero-order valence-corrected chi connectivity index (χ0v) is 21.9. The minimum Gasteiger partial charge on any atom is -0.378 e. The van der Waals surface area contributed by atoms with E-state index in [2.05, 4.69) is 43.0 Å². The number of pyridine rings is 2. The predicted molar refractivity (Wildman–Crippen MR) is 157 cm³/mol. The molecule has 0 spiro atoms. The zero-order chi connectivity index (χ0) is 26.6. The molecule has 0 atom stereocenters.